The van der Waals surface area contributed by atoms with E-state index in [1.54, 1.807) is 32.2 Å². The molecule has 0 saturated carbocycles. The van der Waals surface area contributed by atoms with E-state index in [0.717, 1.165) is 16.7 Å². The highest BCUT2D eigenvalue weighted by Crippen LogP contribution is 2.20. The Balaban J connectivity index is 2.40. The van der Waals surface area contributed by atoms with Crippen LogP contribution in [0.4, 0.5) is 5.82 Å². The van der Waals surface area contributed by atoms with E-state index in [1.807, 2.05) is 13.0 Å². The van der Waals surface area contributed by atoms with Crippen LogP contribution >= 0.6 is 0 Å². The Morgan fingerprint density at radius 3 is 2.44 bits per heavy atom. The van der Waals surface area contributed by atoms with E-state index in [9.17, 15) is 8.42 Å². The van der Waals surface area contributed by atoms with Crippen LogP contribution in [0, 0.1) is 20.8 Å². The molecule has 0 unspecified atom stereocenters. The number of sulfonamides is 1. The van der Waals surface area contributed by atoms with Crippen molar-refractivity contribution in [1.29, 1.82) is 0 Å². The highest BCUT2D eigenvalue weighted by molar-refractivity contribution is 7.92. The van der Waals surface area contributed by atoms with Crippen molar-refractivity contribution in [3.05, 3.63) is 41.1 Å². The molecule has 2 rings (SSSR count). The average molecular weight is 265 g/mol. The minimum absolute atomic E-state index is 0.280. The summed E-state index contributed by atoms with van der Waals surface area (Å²) < 4.78 is 26.9. The van der Waals surface area contributed by atoms with Crippen molar-refractivity contribution < 1.29 is 8.42 Å². The van der Waals surface area contributed by atoms with Gasteiger partial charge >= 0.3 is 0 Å². The summed E-state index contributed by atoms with van der Waals surface area (Å²) in [6, 6.07) is 5.23. The summed E-state index contributed by atoms with van der Waals surface area (Å²) in [4.78, 5) is 0.280. The van der Waals surface area contributed by atoms with Gasteiger partial charge in [0.1, 0.15) is 5.82 Å². The summed E-state index contributed by atoms with van der Waals surface area (Å²) >= 11 is 0. The second-order valence-corrected chi connectivity index (χ2v) is 5.95. The molecule has 18 heavy (non-hydrogen) atoms. The first-order valence-corrected chi connectivity index (χ1v) is 6.98. The van der Waals surface area contributed by atoms with Crippen LogP contribution < -0.4 is 4.72 Å². The summed E-state index contributed by atoms with van der Waals surface area (Å²) in [6.07, 6.45) is 1.57. The molecule has 0 aliphatic rings. The lowest BCUT2D eigenvalue weighted by molar-refractivity contribution is 0.600. The molecule has 1 aromatic heterocycles. The third-order valence-electron chi connectivity index (χ3n) is 2.69. The zero-order valence-corrected chi connectivity index (χ0v) is 11.3. The van der Waals surface area contributed by atoms with Crippen LogP contribution in [0.25, 0.3) is 0 Å². The zero-order chi connectivity index (χ0) is 13.3. The van der Waals surface area contributed by atoms with Gasteiger partial charge in [-0.1, -0.05) is 17.7 Å². The number of hydrogen-bond donors (Lipinski definition) is 2. The molecule has 0 saturated heterocycles. The average Bonchev–Trinajstić information content (AvgIpc) is 2.63. The van der Waals surface area contributed by atoms with Gasteiger partial charge in [-0.2, -0.15) is 5.10 Å². The highest BCUT2D eigenvalue weighted by Gasteiger charge is 2.18. The number of H-pyrrole nitrogens is 1. The predicted octanol–water partition coefficient (Wildman–Crippen LogP) is 2.14. The number of benzene rings is 1. The van der Waals surface area contributed by atoms with Crippen molar-refractivity contribution >= 4 is 15.8 Å². The lowest BCUT2D eigenvalue weighted by Crippen LogP contribution is -2.15. The van der Waals surface area contributed by atoms with Crippen LogP contribution in [0.5, 0.6) is 0 Å². The molecular weight excluding hydrogens is 250 g/mol. The summed E-state index contributed by atoms with van der Waals surface area (Å²) in [5, 5.41) is 6.41. The Hall–Kier alpha value is -1.82. The number of aromatic nitrogens is 2. The maximum absolute atomic E-state index is 12.2. The van der Waals surface area contributed by atoms with Crippen LogP contribution in [0.15, 0.2) is 29.3 Å². The molecule has 2 aromatic rings. The second kappa shape index (κ2) is 4.45. The number of anilines is 1. The molecule has 0 aliphatic carbocycles. The highest BCUT2D eigenvalue weighted by atomic mass is 32.2. The first-order valence-electron chi connectivity index (χ1n) is 5.50. The van der Waals surface area contributed by atoms with E-state index < -0.39 is 10.0 Å². The van der Waals surface area contributed by atoms with E-state index in [4.69, 9.17) is 0 Å². The van der Waals surface area contributed by atoms with Gasteiger partial charge in [-0.15, -0.1) is 0 Å². The van der Waals surface area contributed by atoms with E-state index in [1.165, 1.54) is 0 Å². The van der Waals surface area contributed by atoms with Crippen LogP contribution in [0.1, 0.15) is 16.7 Å². The fraction of sp³-hybridized carbons (Fsp3) is 0.250. The standard InChI is InChI=1S/C12H15N3O2S/c1-8-4-5-11(9(2)6-8)18(16,17)15-12-10(3)7-13-14-12/h4-7H,1-3H3,(H2,13,14,15). The van der Waals surface area contributed by atoms with Crippen LogP contribution in [-0.4, -0.2) is 18.6 Å². The first kappa shape index (κ1) is 12.6. The Labute approximate surface area is 106 Å². The van der Waals surface area contributed by atoms with Gasteiger partial charge in [0.05, 0.1) is 11.1 Å². The molecule has 0 fully saturated rings. The van der Waals surface area contributed by atoms with Crippen LogP contribution in [-0.2, 0) is 10.0 Å². The monoisotopic (exact) mass is 265 g/mol. The number of aromatic amines is 1. The molecule has 5 nitrogen and oxygen atoms in total. The molecule has 0 spiro atoms. The largest absolute Gasteiger partial charge is 0.264 e. The SMILES string of the molecule is Cc1ccc(S(=O)(=O)Nc2[nH]ncc2C)c(C)c1. The van der Waals surface area contributed by atoms with Gasteiger partial charge in [-0.25, -0.2) is 8.42 Å². The lowest BCUT2D eigenvalue weighted by atomic mass is 10.2. The fourth-order valence-electron chi connectivity index (χ4n) is 1.74. The number of rotatable bonds is 3. The molecule has 0 atom stereocenters. The van der Waals surface area contributed by atoms with Crippen LogP contribution in [0.3, 0.4) is 0 Å². The third kappa shape index (κ3) is 2.38. The number of nitrogens with zero attached hydrogens (tertiary/aromatic N) is 1. The zero-order valence-electron chi connectivity index (χ0n) is 10.5. The second-order valence-electron chi connectivity index (χ2n) is 4.30. The van der Waals surface area contributed by atoms with Gasteiger partial charge < -0.3 is 0 Å². The first-order chi connectivity index (χ1) is 8.40. The molecule has 1 heterocycles. The maximum atomic E-state index is 12.2. The van der Waals surface area contributed by atoms with Gasteiger partial charge in [0.15, 0.2) is 0 Å². The van der Waals surface area contributed by atoms with Gasteiger partial charge in [0, 0.05) is 5.56 Å². The molecule has 2 N–H and O–H groups in total. The quantitative estimate of drug-likeness (QED) is 0.892. The molecule has 0 aliphatic heterocycles. The maximum Gasteiger partial charge on any atom is 0.263 e. The summed E-state index contributed by atoms with van der Waals surface area (Å²) in [6.45, 7) is 5.49. The summed E-state index contributed by atoms with van der Waals surface area (Å²) in [7, 11) is -3.57. The van der Waals surface area contributed by atoms with Gasteiger partial charge in [-0.05, 0) is 32.4 Å². The number of aryl methyl sites for hydroxylation is 3. The Bertz CT molecular complexity index is 674. The van der Waals surface area contributed by atoms with Gasteiger partial charge in [0.2, 0.25) is 0 Å². The van der Waals surface area contributed by atoms with Crippen molar-refractivity contribution in [2.45, 2.75) is 25.7 Å². The van der Waals surface area contributed by atoms with Crippen molar-refractivity contribution in [3.63, 3.8) is 0 Å². The molecule has 0 radical (unpaired) electrons. The minimum atomic E-state index is -3.57. The Morgan fingerprint density at radius 2 is 1.89 bits per heavy atom. The van der Waals surface area contributed by atoms with Crippen LogP contribution in [0.2, 0.25) is 0 Å². The van der Waals surface area contributed by atoms with Gasteiger partial charge in [0.25, 0.3) is 10.0 Å². The number of nitrogens with one attached hydrogen (secondary N) is 2. The van der Waals surface area contributed by atoms with E-state index in [-0.39, 0.29) is 4.90 Å². The molecule has 1 aromatic carbocycles. The molecule has 96 valence electrons. The predicted molar refractivity (Wildman–Crippen MR) is 70.0 cm³/mol. The molecular formula is C12H15N3O2S. The minimum Gasteiger partial charge on any atom is -0.264 e. The van der Waals surface area contributed by atoms with E-state index in [2.05, 4.69) is 14.9 Å². The normalized spacial score (nSPS) is 11.5. The van der Waals surface area contributed by atoms with Crippen molar-refractivity contribution in [1.82, 2.24) is 10.2 Å². The van der Waals surface area contributed by atoms with Gasteiger partial charge in [-0.3, -0.25) is 9.82 Å². The Kier molecular flexibility index (Phi) is 3.13. The fourth-order valence-corrected chi connectivity index (χ4v) is 3.06. The molecule has 0 bridgehead atoms. The smallest absolute Gasteiger partial charge is 0.263 e. The molecule has 6 heteroatoms. The van der Waals surface area contributed by atoms with Crippen molar-refractivity contribution in [2.75, 3.05) is 4.72 Å². The van der Waals surface area contributed by atoms with E-state index in [0.29, 0.717) is 5.82 Å². The topological polar surface area (TPSA) is 74.8 Å². The van der Waals surface area contributed by atoms with Crippen molar-refractivity contribution in [3.8, 4) is 0 Å². The molecule has 0 amide bonds. The number of hydrogen-bond acceptors (Lipinski definition) is 3. The summed E-state index contributed by atoms with van der Waals surface area (Å²) in [5.41, 5.74) is 2.51. The Morgan fingerprint density at radius 1 is 1.17 bits per heavy atom. The van der Waals surface area contributed by atoms with Crippen molar-refractivity contribution in [2.24, 2.45) is 0 Å². The summed E-state index contributed by atoms with van der Waals surface area (Å²) in [5.74, 6) is 0.398. The third-order valence-corrected chi connectivity index (χ3v) is 4.20. The van der Waals surface area contributed by atoms with E-state index >= 15 is 0 Å². The lowest BCUT2D eigenvalue weighted by Gasteiger charge is -2.10.